The van der Waals surface area contributed by atoms with Gasteiger partial charge in [-0.25, -0.2) is 0 Å². The third-order valence-corrected chi connectivity index (χ3v) is 4.41. The molecule has 1 saturated heterocycles. The van der Waals surface area contributed by atoms with Crippen LogP contribution in [0.4, 0.5) is 0 Å². The van der Waals surface area contributed by atoms with Crippen LogP contribution in [0.3, 0.4) is 0 Å². The molecule has 6 nitrogen and oxygen atoms in total. The van der Waals surface area contributed by atoms with Crippen molar-refractivity contribution in [3.05, 3.63) is 17.0 Å². The van der Waals surface area contributed by atoms with Crippen molar-refractivity contribution in [2.75, 3.05) is 26.2 Å². The van der Waals surface area contributed by atoms with Gasteiger partial charge in [-0.3, -0.25) is 14.8 Å². The summed E-state index contributed by atoms with van der Waals surface area (Å²) in [6.45, 7) is 13.7. The zero-order valence-corrected chi connectivity index (χ0v) is 15.0. The quantitative estimate of drug-likeness (QED) is 0.837. The summed E-state index contributed by atoms with van der Waals surface area (Å²) in [7, 11) is 0. The number of rotatable bonds is 6. The van der Waals surface area contributed by atoms with Crippen LogP contribution in [-0.2, 0) is 9.53 Å². The molecule has 1 aromatic heterocycles. The molecule has 2 N–H and O–H groups in total. The van der Waals surface area contributed by atoms with Gasteiger partial charge in [0.15, 0.2) is 0 Å². The fourth-order valence-corrected chi connectivity index (χ4v) is 3.56. The Balaban J connectivity index is 1.73. The van der Waals surface area contributed by atoms with E-state index in [0.717, 1.165) is 36.6 Å². The van der Waals surface area contributed by atoms with E-state index in [1.807, 2.05) is 13.8 Å². The van der Waals surface area contributed by atoms with Crippen LogP contribution >= 0.6 is 0 Å². The average molecular weight is 322 g/mol. The topological polar surface area (TPSA) is 70.2 Å². The number of ether oxygens (including phenoxy) is 1. The second-order valence-electron chi connectivity index (χ2n) is 6.82. The maximum Gasteiger partial charge on any atom is 0.220 e. The molecule has 0 aliphatic carbocycles. The van der Waals surface area contributed by atoms with Gasteiger partial charge in [0.25, 0.3) is 0 Å². The van der Waals surface area contributed by atoms with E-state index in [4.69, 9.17) is 4.74 Å². The number of hydrogen-bond donors (Lipinski definition) is 2. The minimum atomic E-state index is 0.104. The summed E-state index contributed by atoms with van der Waals surface area (Å²) in [5, 5.41) is 10.2. The van der Waals surface area contributed by atoms with Gasteiger partial charge in [0.2, 0.25) is 5.91 Å². The molecule has 6 heteroatoms. The standard InChI is InChI=1S/C17H30N4O2/c1-11(17-14(4)19-20-15(17)5)8-16(22)18-6-7-21-9-12(2)23-13(3)10-21/h11-13H,6-10H2,1-5H3,(H,18,22)(H,19,20)/t11-,12-,13+/m1/s1. The summed E-state index contributed by atoms with van der Waals surface area (Å²) in [5.41, 5.74) is 3.20. The summed E-state index contributed by atoms with van der Waals surface area (Å²) >= 11 is 0. The average Bonchev–Trinajstić information content (AvgIpc) is 2.77. The molecule has 23 heavy (non-hydrogen) atoms. The predicted molar refractivity (Wildman–Crippen MR) is 90.6 cm³/mol. The Labute approximate surface area is 139 Å². The molecular formula is C17H30N4O2. The molecule has 0 saturated carbocycles. The molecule has 0 unspecified atom stereocenters. The smallest absolute Gasteiger partial charge is 0.220 e. The van der Waals surface area contributed by atoms with Crippen molar-refractivity contribution in [1.29, 1.82) is 0 Å². The molecule has 130 valence electrons. The largest absolute Gasteiger partial charge is 0.373 e. The maximum atomic E-state index is 12.2. The van der Waals surface area contributed by atoms with Crippen LogP contribution in [0.25, 0.3) is 0 Å². The van der Waals surface area contributed by atoms with Crippen LogP contribution in [0, 0.1) is 13.8 Å². The van der Waals surface area contributed by atoms with Gasteiger partial charge < -0.3 is 10.1 Å². The Kier molecular flexibility index (Phi) is 6.18. The van der Waals surface area contributed by atoms with Crippen molar-refractivity contribution in [2.45, 2.75) is 59.2 Å². The minimum absolute atomic E-state index is 0.104. The van der Waals surface area contributed by atoms with Crippen LogP contribution in [0.1, 0.15) is 50.1 Å². The molecule has 0 spiro atoms. The second-order valence-corrected chi connectivity index (χ2v) is 6.82. The third kappa shape index (κ3) is 5.04. The summed E-state index contributed by atoms with van der Waals surface area (Å²) in [6, 6.07) is 0. The number of carbonyl (C=O) groups excluding carboxylic acids is 1. The highest BCUT2D eigenvalue weighted by molar-refractivity contribution is 5.76. The molecule has 0 bridgehead atoms. The van der Waals surface area contributed by atoms with E-state index < -0.39 is 0 Å². The highest BCUT2D eigenvalue weighted by Crippen LogP contribution is 2.24. The van der Waals surface area contributed by atoms with Crippen LogP contribution in [0.15, 0.2) is 0 Å². The minimum Gasteiger partial charge on any atom is -0.373 e. The van der Waals surface area contributed by atoms with E-state index in [-0.39, 0.29) is 24.0 Å². The van der Waals surface area contributed by atoms with Crippen molar-refractivity contribution < 1.29 is 9.53 Å². The van der Waals surface area contributed by atoms with Gasteiger partial charge in [-0.15, -0.1) is 0 Å². The summed E-state index contributed by atoms with van der Waals surface area (Å²) in [6.07, 6.45) is 1.03. The second kappa shape index (κ2) is 7.93. The molecule has 1 aliphatic heterocycles. The van der Waals surface area contributed by atoms with Gasteiger partial charge in [0, 0.05) is 38.3 Å². The fraction of sp³-hybridized carbons (Fsp3) is 0.765. The van der Waals surface area contributed by atoms with Crippen LogP contribution < -0.4 is 5.32 Å². The molecule has 1 fully saturated rings. The van der Waals surface area contributed by atoms with Crippen molar-refractivity contribution in [3.8, 4) is 0 Å². The molecule has 3 atom stereocenters. The highest BCUT2D eigenvalue weighted by Gasteiger charge is 2.22. The molecule has 2 heterocycles. The van der Waals surface area contributed by atoms with Crippen molar-refractivity contribution in [3.63, 3.8) is 0 Å². The first-order valence-electron chi connectivity index (χ1n) is 8.52. The number of nitrogens with one attached hydrogen (secondary N) is 2. The molecule has 0 aromatic carbocycles. The lowest BCUT2D eigenvalue weighted by atomic mass is 9.95. The van der Waals surface area contributed by atoms with Crippen LogP contribution in [-0.4, -0.2) is 59.4 Å². The van der Waals surface area contributed by atoms with E-state index in [1.165, 1.54) is 0 Å². The number of hydrogen-bond acceptors (Lipinski definition) is 4. The number of nitrogens with zero attached hydrogens (tertiary/aromatic N) is 2. The SMILES string of the molecule is Cc1n[nH]c(C)c1[C@H](C)CC(=O)NCCN1C[C@@H](C)O[C@@H](C)C1. The first-order valence-corrected chi connectivity index (χ1v) is 8.52. The lowest BCUT2D eigenvalue weighted by Gasteiger charge is -2.35. The highest BCUT2D eigenvalue weighted by atomic mass is 16.5. The van der Waals surface area contributed by atoms with Crippen molar-refractivity contribution in [2.24, 2.45) is 0 Å². The number of carbonyl (C=O) groups is 1. The normalized spacial score (nSPS) is 23.7. The van der Waals surface area contributed by atoms with E-state index in [0.29, 0.717) is 13.0 Å². The van der Waals surface area contributed by atoms with Gasteiger partial charge >= 0.3 is 0 Å². The van der Waals surface area contributed by atoms with Gasteiger partial charge in [-0.2, -0.15) is 5.10 Å². The maximum absolute atomic E-state index is 12.2. The Morgan fingerprint density at radius 2 is 2.04 bits per heavy atom. The Hall–Kier alpha value is -1.40. The number of morpholine rings is 1. The van der Waals surface area contributed by atoms with Gasteiger partial charge in [-0.1, -0.05) is 6.92 Å². The monoisotopic (exact) mass is 322 g/mol. The first kappa shape index (κ1) is 17.9. The lowest BCUT2D eigenvalue weighted by Crippen LogP contribution is -2.47. The van der Waals surface area contributed by atoms with Gasteiger partial charge in [-0.05, 0) is 39.2 Å². The zero-order valence-electron chi connectivity index (χ0n) is 15.0. The van der Waals surface area contributed by atoms with E-state index in [9.17, 15) is 4.79 Å². The number of aromatic amines is 1. The van der Waals surface area contributed by atoms with Gasteiger partial charge in [0.05, 0.1) is 17.9 Å². The molecule has 1 aliphatic rings. The predicted octanol–water partition coefficient (Wildman–Crippen LogP) is 1.75. The number of aryl methyl sites for hydroxylation is 2. The van der Waals surface area contributed by atoms with Crippen molar-refractivity contribution in [1.82, 2.24) is 20.4 Å². The van der Waals surface area contributed by atoms with Crippen LogP contribution in [0.5, 0.6) is 0 Å². The fourth-order valence-electron chi connectivity index (χ4n) is 3.56. The third-order valence-electron chi connectivity index (χ3n) is 4.41. The van der Waals surface area contributed by atoms with Crippen molar-refractivity contribution >= 4 is 5.91 Å². The summed E-state index contributed by atoms with van der Waals surface area (Å²) in [5.74, 6) is 0.282. The molecule has 1 amide bonds. The number of amides is 1. The molecule has 2 rings (SSSR count). The molecule has 0 radical (unpaired) electrons. The van der Waals surface area contributed by atoms with E-state index >= 15 is 0 Å². The van der Waals surface area contributed by atoms with E-state index in [2.05, 4.69) is 41.2 Å². The lowest BCUT2D eigenvalue weighted by molar-refractivity contribution is -0.121. The number of H-pyrrole nitrogens is 1. The number of aromatic nitrogens is 2. The zero-order chi connectivity index (χ0) is 17.0. The Morgan fingerprint density at radius 3 is 2.61 bits per heavy atom. The summed E-state index contributed by atoms with van der Waals surface area (Å²) in [4.78, 5) is 14.5. The Morgan fingerprint density at radius 1 is 1.39 bits per heavy atom. The first-order chi connectivity index (χ1) is 10.9. The van der Waals surface area contributed by atoms with Gasteiger partial charge in [0.1, 0.15) is 0 Å². The molecule has 1 aromatic rings. The van der Waals surface area contributed by atoms with Crippen LogP contribution in [0.2, 0.25) is 0 Å². The molecular weight excluding hydrogens is 292 g/mol. The summed E-state index contributed by atoms with van der Waals surface area (Å²) < 4.78 is 5.72. The Bertz CT molecular complexity index is 499. The van der Waals surface area contributed by atoms with E-state index in [1.54, 1.807) is 0 Å².